The molecule has 25 nitrogen and oxygen atoms in total. The summed E-state index contributed by atoms with van der Waals surface area (Å²) in [5.74, 6) is -0.172. The van der Waals surface area contributed by atoms with E-state index in [1.807, 2.05) is 50.2 Å². The summed E-state index contributed by atoms with van der Waals surface area (Å²) in [6.07, 6.45) is -5.58. The number of carbonyl (C=O) groups is 2. The number of anilines is 4. The zero-order chi connectivity index (χ0) is 54.0. The molecule has 0 bridgehead atoms. The predicted octanol–water partition coefficient (Wildman–Crippen LogP) is 1.77. The molecule has 75 heavy (non-hydrogen) atoms. The number of aromatic nitrogens is 8. The Bertz CT molecular complexity index is 3130. The molecule has 4 aromatic heterocycles. The SMILES string of the molecule is CC(C)(C)c1ccc(NC(=O)NCCCS(=O)C[C@H]2O[C@@H](n3cnc4c(N)nc(CC(C)(C)c5ccc(NC(=O)NCCCS(=O)(=O)C[C@H]6O[C@@H](n7cnc8c(N)ncnc87)[C@H](O)[C@@H]6O)cc5)nc43)[C@H](O)[C@@H]2O)cc1. The van der Waals surface area contributed by atoms with Gasteiger partial charge in [0.15, 0.2) is 45.2 Å². The molecule has 0 saturated carbocycles. The molecule has 9 atom stereocenters. The minimum atomic E-state index is -3.80. The van der Waals surface area contributed by atoms with Crippen LogP contribution in [0, 0.1) is 0 Å². The average Bonchev–Trinajstić information content (AvgIpc) is 4.11. The van der Waals surface area contributed by atoms with E-state index in [2.05, 4.69) is 67.0 Å². The Balaban J connectivity index is 0.781. The van der Waals surface area contributed by atoms with Crippen LogP contribution in [0.5, 0.6) is 0 Å². The third-order valence-corrected chi connectivity index (χ3v) is 16.3. The number of amides is 4. The lowest BCUT2D eigenvalue weighted by Crippen LogP contribution is -2.36. The molecule has 0 spiro atoms. The Kier molecular flexibility index (Phi) is 16.4. The second kappa shape index (κ2) is 22.4. The number of nitrogens with zero attached hydrogens (tertiary/aromatic N) is 8. The molecule has 2 saturated heterocycles. The molecule has 0 aliphatic carbocycles. The molecule has 2 fully saturated rings. The maximum Gasteiger partial charge on any atom is 0.319 e. The summed E-state index contributed by atoms with van der Waals surface area (Å²) in [6.45, 7) is 10.6. The summed E-state index contributed by atoms with van der Waals surface area (Å²) in [7, 11) is -5.26. The third kappa shape index (κ3) is 12.8. The lowest BCUT2D eigenvalue weighted by molar-refractivity contribution is -0.0292. The normalized spacial score (nSPS) is 22.6. The Morgan fingerprint density at radius 2 is 1.23 bits per heavy atom. The number of rotatable bonds is 19. The van der Waals surface area contributed by atoms with E-state index in [1.54, 1.807) is 12.1 Å². The quantitative estimate of drug-likeness (QED) is 0.0517. The van der Waals surface area contributed by atoms with Crippen molar-refractivity contribution in [1.29, 1.82) is 0 Å². The van der Waals surface area contributed by atoms with Crippen LogP contribution in [0.15, 0.2) is 67.5 Å². The summed E-state index contributed by atoms with van der Waals surface area (Å²) in [5, 5.41) is 54.5. The number of ether oxygens (including phenoxy) is 2. The molecule has 8 rings (SSSR count). The predicted molar refractivity (Wildman–Crippen MR) is 279 cm³/mol. The van der Waals surface area contributed by atoms with Crippen LogP contribution in [0.1, 0.15) is 76.9 Å². The smallest absolute Gasteiger partial charge is 0.319 e. The molecule has 2 aliphatic rings. The van der Waals surface area contributed by atoms with E-state index in [1.165, 1.54) is 28.1 Å². The molecule has 2 aliphatic heterocycles. The van der Waals surface area contributed by atoms with E-state index >= 15 is 0 Å². The number of nitrogen functional groups attached to an aromatic ring is 2. The van der Waals surface area contributed by atoms with Crippen molar-refractivity contribution in [2.75, 3.05) is 58.2 Å². The zero-order valence-electron chi connectivity index (χ0n) is 42.0. The number of urea groups is 2. The molecule has 27 heteroatoms. The number of imidazole rings is 2. The van der Waals surface area contributed by atoms with Gasteiger partial charge in [-0.1, -0.05) is 58.9 Å². The van der Waals surface area contributed by atoms with E-state index in [0.717, 1.165) is 11.1 Å². The topological polar surface area (TPSA) is 372 Å². The minimum absolute atomic E-state index is 0.0118. The Morgan fingerprint density at radius 1 is 0.693 bits per heavy atom. The molecule has 6 aromatic rings. The lowest BCUT2D eigenvalue weighted by Gasteiger charge is -2.25. The average molecular weight is 1080 g/mol. The van der Waals surface area contributed by atoms with Gasteiger partial charge < -0.3 is 62.6 Å². The van der Waals surface area contributed by atoms with Crippen molar-refractivity contribution in [3.8, 4) is 0 Å². The van der Waals surface area contributed by atoms with Crippen molar-refractivity contribution in [1.82, 2.24) is 49.7 Å². The van der Waals surface area contributed by atoms with Gasteiger partial charge in [-0.15, -0.1) is 0 Å². The van der Waals surface area contributed by atoms with Crippen LogP contribution in [0.3, 0.4) is 0 Å². The van der Waals surface area contributed by atoms with Crippen LogP contribution in [0.4, 0.5) is 32.6 Å². The first-order valence-electron chi connectivity index (χ1n) is 24.3. The van der Waals surface area contributed by atoms with Gasteiger partial charge in [-0.3, -0.25) is 13.3 Å². The van der Waals surface area contributed by atoms with Crippen molar-refractivity contribution in [2.45, 2.75) is 114 Å². The minimum Gasteiger partial charge on any atom is -0.387 e. The fraction of sp³-hybridized carbons (Fsp3) is 0.500. The number of aliphatic hydroxyl groups excluding tert-OH is 4. The highest BCUT2D eigenvalue weighted by atomic mass is 32.2. The summed E-state index contributed by atoms with van der Waals surface area (Å²) < 4.78 is 53.9. The zero-order valence-corrected chi connectivity index (χ0v) is 43.7. The van der Waals surface area contributed by atoms with Gasteiger partial charge in [-0.25, -0.2) is 47.9 Å². The first-order valence-corrected chi connectivity index (χ1v) is 27.6. The Morgan fingerprint density at radius 3 is 1.83 bits per heavy atom. The highest BCUT2D eigenvalue weighted by Gasteiger charge is 2.47. The van der Waals surface area contributed by atoms with Crippen LogP contribution in [0.2, 0.25) is 0 Å². The van der Waals surface area contributed by atoms with Gasteiger partial charge in [0.05, 0.1) is 29.9 Å². The van der Waals surface area contributed by atoms with Gasteiger partial charge in [-0.05, 0) is 59.1 Å². The number of aliphatic hydroxyl groups is 4. The second-order valence-electron chi connectivity index (χ2n) is 20.4. The summed E-state index contributed by atoms with van der Waals surface area (Å²) in [6, 6.07) is 13.8. The number of nitrogens with one attached hydrogen (secondary N) is 4. The van der Waals surface area contributed by atoms with Gasteiger partial charge in [0.1, 0.15) is 59.8 Å². The monoisotopic (exact) mass is 1080 g/mol. The van der Waals surface area contributed by atoms with Gasteiger partial charge in [0.25, 0.3) is 0 Å². The lowest BCUT2D eigenvalue weighted by atomic mass is 9.81. The van der Waals surface area contributed by atoms with Gasteiger partial charge in [0, 0.05) is 47.4 Å². The highest BCUT2D eigenvalue weighted by Crippen LogP contribution is 2.35. The summed E-state index contributed by atoms with van der Waals surface area (Å²) in [4.78, 5) is 51.0. The highest BCUT2D eigenvalue weighted by molar-refractivity contribution is 7.91. The molecule has 1 unspecified atom stereocenters. The molecule has 6 heterocycles. The van der Waals surface area contributed by atoms with Crippen molar-refractivity contribution in [3.05, 3.63) is 84.5 Å². The van der Waals surface area contributed by atoms with E-state index in [-0.39, 0.29) is 82.2 Å². The molecule has 4 amide bonds. The van der Waals surface area contributed by atoms with Crippen LogP contribution < -0.4 is 32.7 Å². The van der Waals surface area contributed by atoms with Gasteiger partial charge in [0.2, 0.25) is 0 Å². The van der Waals surface area contributed by atoms with E-state index in [9.17, 15) is 42.6 Å². The van der Waals surface area contributed by atoms with E-state index < -0.39 is 86.9 Å². The first kappa shape index (κ1) is 54.8. The maximum atomic E-state index is 13.1. The fourth-order valence-electron chi connectivity index (χ4n) is 8.94. The van der Waals surface area contributed by atoms with E-state index in [0.29, 0.717) is 30.0 Å². The molecule has 0 radical (unpaired) electrons. The molecule has 12 N–H and O–H groups in total. The van der Waals surface area contributed by atoms with Crippen molar-refractivity contribution in [3.63, 3.8) is 0 Å². The van der Waals surface area contributed by atoms with Crippen molar-refractivity contribution in [2.24, 2.45) is 0 Å². The molecular formula is C48H64N14O11S2. The molecular weight excluding hydrogens is 1010 g/mol. The number of nitrogens with two attached hydrogens (primary N) is 2. The Hall–Kier alpha value is -6.46. The van der Waals surface area contributed by atoms with Crippen molar-refractivity contribution < 1.29 is 52.1 Å². The number of hydrogen-bond acceptors (Lipinski definition) is 19. The number of benzene rings is 2. The van der Waals surface area contributed by atoms with E-state index in [4.69, 9.17) is 25.9 Å². The van der Waals surface area contributed by atoms with Crippen LogP contribution in [0.25, 0.3) is 22.3 Å². The third-order valence-electron chi connectivity index (χ3n) is 13.2. The first-order chi connectivity index (χ1) is 35.5. The number of fused-ring (bicyclic) bond motifs is 2. The largest absolute Gasteiger partial charge is 0.387 e. The van der Waals surface area contributed by atoms with Crippen LogP contribution in [-0.2, 0) is 47.4 Å². The molecule has 404 valence electrons. The summed E-state index contributed by atoms with van der Waals surface area (Å²) >= 11 is 0. The van der Waals surface area contributed by atoms with Crippen LogP contribution >= 0.6 is 0 Å². The number of carbonyl (C=O) groups excluding carboxylic acids is 2. The fourth-order valence-corrected chi connectivity index (χ4v) is 11.7. The number of hydrogen-bond donors (Lipinski definition) is 10. The van der Waals surface area contributed by atoms with Gasteiger partial charge >= 0.3 is 12.1 Å². The van der Waals surface area contributed by atoms with Crippen LogP contribution in [-0.4, -0.2) is 157 Å². The standard InChI is InChI=1S/C48H64N14O11S2/c1-47(2,3)26-8-12-28(13-9-26)57-45(67)51-16-6-18-74(69)21-30-35(63)37(65)44(72-30)62-25-56-34-40(50)59-32(60-42(34)62)20-48(4,5)27-10-14-29(15-11-27)58-46(68)52-17-7-19-75(70,71)22-31-36(64)38(66)43(73-31)61-24-55-33-39(49)53-23-54-41(33)61/h8-15,23-25,30-31,35-38,43-44,63-66H,6-7,16-22H2,1-5H3,(H2,49,53,54)(H2,50,59,60)(H2,51,57,67)(H2,52,58,68)/t30-,31-,35-,36-,37-,38-,43-,44-,74?/m1/s1. The summed E-state index contributed by atoms with van der Waals surface area (Å²) in [5.41, 5.74) is 15.8. The van der Waals surface area contributed by atoms with Crippen molar-refractivity contribution >= 4 is 78.0 Å². The maximum absolute atomic E-state index is 13.1. The Labute approximate surface area is 434 Å². The second-order valence-corrected chi connectivity index (χ2v) is 24.2. The molecule has 2 aromatic carbocycles. The number of sulfone groups is 1. The van der Waals surface area contributed by atoms with Gasteiger partial charge in [-0.2, -0.15) is 0 Å².